The van der Waals surface area contributed by atoms with Gasteiger partial charge in [0, 0.05) is 17.6 Å². The van der Waals surface area contributed by atoms with Crippen molar-refractivity contribution in [3.05, 3.63) is 28.2 Å². The molecule has 0 saturated carbocycles. The predicted octanol–water partition coefficient (Wildman–Crippen LogP) is 1.90. The summed E-state index contributed by atoms with van der Waals surface area (Å²) in [6.07, 6.45) is 0. The summed E-state index contributed by atoms with van der Waals surface area (Å²) in [5, 5.41) is 0. The Morgan fingerprint density at radius 1 is 1.30 bits per heavy atom. The van der Waals surface area contributed by atoms with Crippen LogP contribution >= 0.6 is 15.9 Å². The predicted molar refractivity (Wildman–Crippen MR) is 82.0 cm³/mol. The molecule has 0 bridgehead atoms. The average molecular weight is 363 g/mol. The number of aryl methyl sites for hydroxylation is 1. The Kier molecular flexibility index (Phi) is 6.16. The number of nitrogens with zero attached hydrogens (tertiary/aromatic N) is 1. The van der Waals surface area contributed by atoms with Crippen molar-refractivity contribution < 1.29 is 13.2 Å². The smallest absolute Gasteiger partial charge is 0.242 e. The number of hydrogen-bond acceptors (Lipinski definition) is 3. The summed E-state index contributed by atoms with van der Waals surface area (Å²) in [6, 6.07) is 4.95. The number of sulfonamides is 1. The van der Waals surface area contributed by atoms with Gasteiger partial charge < -0.3 is 4.90 Å². The monoisotopic (exact) mass is 362 g/mol. The van der Waals surface area contributed by atoms with Crippen LogP contribution in [0.5, 0.6) is 0 Å². The van der Waals surface area contributed by atoms with E-state index < -0.39 is 10.0 Å². The number of rotatable bonds is 6. The first-order valence-corrected chi connectivity index (χ1v) is 8.63. The zero-order valence-corrected chi connectivity index (χ0v) is 14.2. The molecule has 1 aromatic rings. The molecule has 112 valence electrons. The molecule has 0 aliphatic rings. The second-order valence-corrected chi connectivity index (χ2v) is 6.91. The maximum atomic E-state index is 12.2. The van der Waals surface area contributed by atoms with E-state index in [0.29, 0.717) is 17.6 Å². The SMILES string of the molecule is CCN(CC)C(=O)CNS(=O)(=O)c1ccc(C)cc1Br. The quantitative estimate of drug-likeness (QED) is 0.840. The van der Waals surface area contributed by atoms with Crippen molar-refractivity contribution in [2.24, 2.45) is 0 Å². The molecule has 0 atom stereocenters. The minimum atomic E-state index is -3.70. The maximum Gasteiger partial charge on any atom is 0.242 e. The molecule has 5 nitrogen and oxygen atoms in total. The van der Waals surface area contributed by atoms with Crippen molar-refractivity contribution in [1.29, 1.82) is 0 Å². The summed E-state index contributed by atoms with van der Waals surface area (Å²) < 4.78 is 27.1. The van der Waals surface area contributed by atoms with E-state index in [-0.39, 0.29) is 17.3 Å². The van der Waals surface area contributed by atoms with Crippen LogP contribution in [0.25, 0.3) is 0 Å². The molecule has 1 amide bonds. The summed E-state index contributed by atoms with van der Waals surface area (Å²) in [5.41, 5.74) is 0.954. The fourth-order valence-electron chi connectivity index (χ4n) is 1.75. The molecular weight excluding hydrogens is 344 g/mol. The van der Waals surface area contributed by atoms with Gasteiger partial charge in [-0.3, -0.25) is 4.79 Å². The van der Waals surface area contributed by atoms with Gasteiger partial charge in [-0.25, -0.2) is 13.1 Å². The van der Waals surface area contributed by atoms with Crippen LogP contribution in [0.15, 0.2) is 27.6 Å². The first kappa shape index (κ1) is 17.1. The van der Waals surface area contributed by atoms with E-state index in [0.717, 1.165) is 5.56 Å². The van der Waals surface area contributed by atoms with Crippen molar-refractivity contribution in [1.82, 2.24) is 9.62 Å². The minimum absolute atomic E-state index is 0.135. The Morgan fingerprint density at radius 2 is 1.90 bits per heavy atom. The van der Waals surface area contributed by atoms with Gasteiger partial charge in [0.05, 0.1) is 11.4 Å². The molecule has 0 aliphatic carbocycles. The van der Waals surface area contributed by atoms with Crippen LogP contribution in [-0.2, 0) is 14.8 Å². The third-order valence-electron chi connectivity index (χ3n) is 2.91. The fraction of sp³-hybridized carbons (Fsp3) is 0.462. The van der Waals surface area contributed by atoms with Gasteiger partial charge in [0.25, 0.3) is 0 Å². The summed E-state index contributed by atoms with van der Waals surface area (Å²) in [5.74, 6) is -0.234. The largest absolute Gasteiger partial charge is 0.342 e. The van der Waals surface area contributed by atoms with Gasteiger partial charge in [-0.05, 0) is 54.4 Å². The minimum Gasteiger partial charge on any atom is -0.342 e. The van der Waals surface area contributed by atoms with Crippen LogP contribution in [-0.4, -0.2) is 38.9 Å². The number of nitrogens with one attached hydrogen (secondary N) is 1. The van der Waals surface area contributed by atoms with Crippen LogP contribution < -0.4 is 4.72 Å². The number of likely N-dealkylation sites (N-methyl/N-ethyl adjacent to an activating group) is 1. The third-order valence-corrected chi connectivity index (χ3v) is 5.28. The Labute approximate surface area is 128 Å². The summed E-state index contributed by atoms with van der Waals surface area (Å²) in [6.45, 7) is 6.47. The molecule has 1 aromatic carbocycles. The van der Waals surface area contributed by atoms with Gasteiger partial charge in [-0.1, -0.05) is 6.07 Å². The highest BCUT2D eigenvalue weighted by Crippen LogP contribution is 2.22. The highest BCUT2D eigenvalue weighted by atomic mass is 79.9. The van der Waals surface area contributed by atoms with Crippen LogP contribution in [0.2, 0.25) is 0 Å². The molecule has 0 saturated heterocycles. The first-order chi connectivity index (χ1) is 9.31. The van der Waals surface area contributed by atoms with Crippen molar-refractivity contribution in [2.75, 3.05) is 19.6 Å². The lowest BCUT2D eigenvalue weighted by Gasteiger charge is -2.18. The molecule has 0 radical (unpaired) electrons. The van der Waals surface area contributed by atoms with Gasteiger partial charge >= 0.3 is 0 Å². The molecule has 0 aliphatic heterocycles. The van der Waals surface area contributed by atoms with E-state index in [1.54, 1.807) is 17.0 Å². The number of carbonyl (C=O) groups is 1. The Morgan fingerprint density at radius 3 is 2.40 bits per heavy atom. The second kappa shape index (κ2) is 7.19. The van der Waals surface area contributed by atoms with E-state index in [9.17, 15) is 13.2 Å². The molecule has 0 fully saturated rings. The van der Waals surface area contributed by atoms with Crippen LogP contribution in [0.3, 0.4) is 0 Å². The lowest BCUT2D eigenvalue weighted by atomic mass is 10.2. The van der Waals surface area contributed by atoms with Crippen LogP contribution in [0.4, 0.5) is 0 Å². The molecule has 1 rings (SSSR count). The normalized spacial score (nSPS) is 11.4. The fourth-order valence-corrected chi connectivity index (χ4v) is 3.91. The maximum absolute atomic E-state index is 12.2. The molecule has 20 heavy (non-hydrogen) atoms. The van der Waals surface area contributed by atoms with E-state index in [2.05, 4.69) is 20.7 Å². The number of amides is 1. The molecular formula is C13H19BrN2O3S. The lowest BCUT2D eigenvalue weighted by molar-refractivity contribution is -0.129. The van der Waals surface area contributed by atoms with Gasteiger partial charge in [-0.15, -0.1) is 0 Å². The van der Waals surface area contributed by atoms with E-state index in [1.165, 1.54) is 6.07 Å². The van der Waals surface area contributed by atoms with Crippen molar-refractivity contribution in [2.45, 2.75) is 25.7 Å². The summed E-state index contributed by atoms with van der Waals surface area (Å²) >= 11 is 3.23. The first-order valence-electron chi connectivity index (χ1n) is 6.35. The third kappa shape index (κ3) is 4.29. The molecule has 1 N–H and O–H groups in total. The summed E-state index contributed by atoms with van der Waals surface area (Å²) in [4.78, 5) is 13.5. The molecule has 0 heterocycles. The zero-order valence-electron chi connectivity index (χ0n) is 11.8. The average Bonchev–Trinajstić information content (AvgIpc) is 2.37. The highest BCUT2D eigenvalue weighted by Gasteiger charge is 2.19. The molecule has 0 aromatic heterocycles. The van der Waals surface area contributed by atoms with E-state index in [1.807, 2.05) is 20.8 Å². The van der Waals surface area contributed by atoms with Crippen molar-refractivity contribution >= 4 is 31.9 Å². The number of benzene rings is 1. The lowest BCUT2D eigenvalue weighted by Crippen LogP contribution is -2.40. The highest BCUT2D eigenvalue weighted by molar-refractivity contribution is 9.10. The van der Waals surface area contributed by atoms with Crippen LogP contribution in [0, 0.1) is 6.92 Å². The van der Waals surface area contributed by atoms with Crippen LogP contribution in [0.1, 0.15) is 19.4 Å². The van der Waals surface area contributed by atoms with E-state index in [4.69, 9.17) is 0 Å². The number of halogens is 1. The van der Waals surface area contributed by atoms with E-state index >= 15 is 0 Å². The van der Waals surface area contributed by atoms with Gasteiger partial charge in [0.1, 0.15) is 0 Å². The zero-order chi connectivity index (χ0) is 15.3. The topological polar surface area (TPSA) is 66.5 Å². The number of carbonyl (C=O) groups excluding carboxylic acids is 1. The molecule has 0 spiro atoms. The molecule has 7 heteroatoms. The van der Waals surface area contributed by atoms with Crippen molar-refractivity contribution in [3.63, 3.8) is 0 Å². The van der Waals surface area contributed by atoms with Gasteiger partial charge in [0.2, 0.25) is 15.9 Å². The molecule has 0 unspecified atom stereocenters. The van der Waals surface area contributed by atoms with Crippen molar-refractivity contribution in [3.8, 4) is 0 Å². The summed E-state index contributed by atoms with van der Waals surface area (Å²) in [7, 11) is -3.70. The second-order valence-electron chi connectivity index (χ2n) is 4.32. The van der Waals surface area contributed by atoms with Gasteiger partial charge in [-0.2, -0.15) is 0 Å². The standard InChI is InChI=1S/C13H19BrN2O3S/c1-4-16(5-2)13(17)9-15-20(18,19)12-7-6-10(3)8-11(12)14/h6-8,15H,4-5,9H2,1-3H3. The Hall–Kier alpha value is -0.920. The Bertz CT molecular complexity index is 583. The van der Waals surface area contributed by atoms with Gasteiger partial charge in [0.15, 0.2) is 0 Å². The Balaban J connectivity index is 2.83. The number of hydrogen-bond donors (Lipinski definition) is 1.